The van der Waals surface area contributed by atoms with Crippen LogP contribution < -0.4 is 26.2 Å². The Morgan fingerprint density at radius 3 is 1.60 bits per heavy atom. The van der Waals surface area contributed by atoms with E-state index in [1.54, 1.807) is 0 Å². The first-order valence-electron chi connectivity index (χ1n) is 0.612. The molecular formula is HLiO3Ti. The molecule has 0 amide bonds. The summed E-state index contributed by atoms with van der Waals surface area (Å²) in [5.74, 6) is 0. The van der Waals surface area contributed by atoms with Crippen molar-refractivity contribution in [2.24, 2.45) is 0 Å². The average molecular weight is 104 g/mol. The van der Waals surface area contributed by atoms with E-state index in [0.29, 0.717) is 0 Å². The first kappa shape index (κ1) is 9.39. The van der Waals surface area contributed by atoms with Crippen molar-refractivity contribution < 1.29 is 49.6 Å². The Labute approximate surface area is 49.8 Å². The summed E-state index contributed by atoms with van der Waals surface area (Å²) < 4.78 is 25.8. The second-order valence-electron chi connectivity index (χ2n) is 0.250. The van der Waals surface area contributed by atoms with Crippen molar-refractivity contribution in [2.45, 2.75) is 0 Å². The zero-order valence-electron chi connectivity index (χ0n) is 3.72. The summed E-state index contributed by atoms with van der Waals surface area (Å²) >= 11 is -4.08. The van der Waals surface area contributed by atoms with Crippen molar-refractivity contribution in [1.29, 1.82) is 0 Å². The molecule has 5 heavy (non-hydrogen) atoms. The predicted molar refractivity (Wildman–Crippen MR) is 1.80 cm³/mol. The fraction of sp³-hybridized carbons (Fsp3) is 0. The van der Waals surface area contributed by atoms with Gasteiger partial charge in [-0.1, -0.05) is 0 Å². The quantitative estimate of drug-likeness (QED) is 0.288. The molecule has 0 saturated carbocycles. The summed E-state index contributed by atoms with van der Waals surface area (Å²) in [6.45, 7) is 0. The monoisotopic (exact) mass is 104 g/mol. The molecule has 0 aliphatic rings. The molecule has 0 aromatic heterocycles. The van der Waals surface area contributed by atoms with Crippen LogP contribution in [0.3, 0.4) is 0 Å². The third-order valence-electron chi connectivity index (χ3n) is 0. The molecule has 0 saturated heterocycles. The maximum absolute atomic E-state index is 8.58. The van der Waals surface area contributed by atoms with E-state index in [9.17, 15) is 0 Å². The van der Waals surface area contributed by atoms with Crippen molar-refractivity contribution in [3.63, 3.8) is 0 Å². The van der Waals surface area contributed by atoms with Crippen LogP contribution in [0.5, 0.6) is 0 Å². The van der Waals surface area contributed by atoms with Gasteiger partial charge in [-0.25, -0.2) is 0 Å². The molecule has 0 unspecified atom stereocenters. The first-order valence-corrected chi connectivity index (χ1v) is 2.52. The molecule has 0 aromatic rings. The Morgan fingerprint density at radius 2 is 1.60 bits per heavy atom. The van der Waals surface area contributed by atoms with E-state index in [4.69, 9.17) is 10.7 Å². The molecule has 0 rings (SSSR count). The summed E-state index contributed by atoms with van der Waals surface area (Å²) in [4.78, 5) is 0. The molecule has 5 heteroatoms. The van der Waals surface area contributed by atoms with Gasteiger partial charge >= 0.3 is 49.6 Å². The topological polar surface area (TPSA) is 63.2 Å². The van der Waals surface area contributed by atoms with Crippen molar-refractivity contribution >= 4 is 0 Å². The molecule has 24 valence electrons. The molecule has 3 nitrogen and oxygen atoms in total. The fourth-order valence-electron chi connectivity index (χ4n) is 0. The van der Waals surface area contributed by atoms with Gasteiger partial charge in [0.1, 0.15) is 0 Å². The van der Waals surface area contributed by atoms with Crippen molar-refractivity contribution in [3.8, 4) is 0 Å². The van der Waals surface area contributed by atoms with Crippen LogP contribution in [0.4, 0.5) is 0 Å². The minimum atomic E-state index is -4.08. The number of hydrogen-bond donors (Lipinski definition) is 0. The second kappa shape index (κ2) is 5.03. The van der Waals surface area contributed by atoms with E-state index in [1.165, 1.54) is 0 Å². The number of hydrogen-bond acceptors (Lipinski definition) is 3. The van der Waals surface area contributed by atoms with Gasteiger partial charge in [0, 0.05) is 0 Å². The normalized spacial score (nSPS) is 5.20. The van der Waals surface area contributed by atoms with E-state index in [-0.39, 0.29) is 20.3 Å². The molecule has 0 aromatic carbocycles. The zero-order valence-corrected chi connectivity index (χ0v) is 4.29. The van der Waals surface area contributed by atoms with Crippen molar-refractivity contribution in [3.05, 3.63) is 0 Å². The van der Waals surface area contributed by atoms with E-state index < -0.39 is 18.6 Å². The molecule has 0 fully saturated rings. The fourth-order valence-corrected chi connectivity index (χ4v) is 0. The average Bonchev–Trinajstić information content (AvgIpc) is 0.811. The molecule has 0 radical (unpaired) electrons. The van der Waals surface area contributed by atoms with Gasteiger partial charge in [0.05, 0.1) is 0 Å². The van der Waals surface area contributed by atoms with E-state index in [2.05, 4.69) is 0 Å². The van der Waals surface area contributed by atoms with Crippen LogP contribution in [0.15, 0.2) is 0 Å². The van der Waals surface area contributed by atoms with Crippen LogP contribution in [0.2, 0.25) is 0 Å². The van der Waals surface area contributed by atoms with Crippen LogP contribution >= 0.6 is 0 Å². The molecule has 0 N–H and O–H groups in total. The molecule has 0 atom stereocenters. The summed E-state index contributed by atoms with van der Waals surface area (Å²) in [6.07, 6.45) is 0. The van der Waals surface area contributed by atoms with Crippen LogP contribution in [0.25, 0.3) is 0 Å². The van der Waals surface area contributed by atoms with Gasteiger partial charge in [0.15, 0.2) is 0 Å². The molecule has 0 aliphatic heterocycles. The van der Waals surface area contributed by atoms with Gasteiger partial charge in [0.2, 0.25) is 0 Å². The Morgan fingerprint density at radius 1 is 1.60 bits per heavy atom. The van der Waals surface area contributed by atoms with Gasteiger partial charge in [-0.05, 0) is 0 Å². The summed E-state index contributed by atoms with van der Waals surface area (Å²) in [7, 11) is 0. The molecule has 0 aliphatic carbocycles. The van der Waals surface area contributed by atoms with Gasteiger partial charge in [-0.15, -0.1) is 0 Å². The van der Waals surface area contributed by atoms with E-state index in [1.807, 2.05) is 0 Å². The molecule has 0 spiro atoms. The summed E-state index contributed by atoms with van der Waals surface area (Å²) in [5.41, 5.74) is 0. The molecule has 0 heterocycles. The Kier molecular flexibility index (Phi) is 9.45. The van der Waals surface area contributed by atoms with Gasteiger partial charge < -0.3 is 0 Å². The Bertz CT molecular complexity index is 33.8. The zero-order chi connectivity index (χ0) is 3.58. The van der Waals surface area contributed by atoms with Crippen LogP contribution in [-0.4, -0.2) is 0 Å². The third kappa shape index (κ3) is 43.4. The molecule has 0 bridgehead atoms. The first-order chi connectivity index (χ1) is 1.73. The van der Waals surface area contributed by atoms with Crippen molar-refractivity contribution in [2.75, 3.05) is 0 Å². The Hall–Kier alpha value is 1.03. The van der Waals surface area contributed by atoms with Gasteiger partial charge in [-0.2, -0.15) is 0 Å². The van der Waals surface area contributed by atoms with Crippen LogP contribution in [-0.2, 0) is 21.9 Å². The molecular weight excluding hydrogens is 103 g/mol. The van der Waals surface area contributed by atoms with Crippen molar-refractivity contribution in [1.82, 2.24) is 0 Å². The minimum absolute atomic E-state index is 0. The summed E-state index contributed by atoms with van der Waals surface area (Å²) in [6, 6.07) is 0. The third-order valence-corrected chi connectivity index (χ3v) is 0. The van der Waals surface area contributed by atoms with E-state index in [0.717, 1.165) is 0 Å². The predicted octanol–water partition coefficient (Wildman–Crippen LogP) is -5.38. The van der Waals surface area contributed by atoms with Gasteiger partial charge in [0.25, 0.3) is 0 Å². The van der Waals surface area contributed by atoms with E-state index >= 15 is 0 Å². The number of rotatable bonds is 0. The summed E-state index contributed by atoms with van der Waals surface area (Å²) in [5, 5.41) is 0. The van der Waals surface area contributed by atoms with Gasteiger partial charge in [-0.3, -0.25) is 0 Å². The SMILES string of the molecule is [H+].[Li+].[O]=[Ti]([O-])[O-]. The van der Waals surface area contributed by atoms with Crippen LogP contribution in [0, 0.1) is 0 Å². The standard InChI is InChI=1S/Li.3O.Ti/q+1;;2*-1;/p+1. The van der Waals surface area contributed by atoms with Crippen LogP contribution in [0.1, 0.15) is 1.43 Å². The Balaban J connectivity index is -0.0000000450. The second-order valence-corrected chi connectivity index (χ2v) is 1.03. The maximum atomic E-state index is 8.58.